The van der Waals surface area contributed by atoms with Gasteiger partial charge in [0.15, 0.2) is 5.79 Å². The smallest absolute Gasteiger partial charge is 0.188 e. The SMILES string of the molecule is C[C@]12CC(c3ccc(C4CCCCC4)cc3)C3=C4CCC5(C=C4CCC3C1CCC2=O)OCCO5. The first kappa shape index (κ1) is 22.5. The third-order valence-electron chi connectivity index (χ3n) is 10.8. The van der Waals surface area contributed by atoms with E-state index in [1.54, 1.807) is 11.1 Å². The van der Waals surface area contributed by atoms with Gasteiger partial charge in [-0.1, -0.05) is 56.0 Å². The van der Waals surface area contributed by atoms with Gasteiger partial charge in [-0.15, -0.1) is 0 Å². The summed E-state index contributed by atoms with van der Waals surface area (Å²) in [5, 5.41) is 0. The Morgan fingerprint density at radius 3 is 2.37 bits per heavy atom. The molecular weight excluding hydrogens is 432 g/mol. The standard InChI is InChI=1S/C32H40O3/c1-31-20-27(23-9-7-22(8-10-23)21-5-3-2-4-6-21)30-25-15-16-32(34-17-18-35-32)19-24(25)11-12-26(30)28(31)13-14-29(31)33/h7-10,19,21,26-28H,2-6,11-18,20H2,1H3/t26?,27?,28?,31-/m0/s1. The Labute approximate surface area is 210 Å². The van der Waals surface area contributed by atoms with Gasteiger partial charge < -0.3 is 9.47 Å². The largest absolute Gasteiger partial charge is 0.344 e. The Balaban J connectivity index is 1.30. The fourth-order valence-electron chi connectivity index (χ4n) is 8.99. The molecule has 0 N–H and O–H groups in total. The zero-order chi connectivity index (χ0) is 23.6. The lowest BCUT2D eigenvalue weighted by molar-refractivity contribution is -0.128. The quantitative estimate of drug-likeness (QED) is 0.450. The summed E-state index contributed by atoms with van der Waals surface area (Å²) in [7, 11) is 0. The molecule has 1 aliphatic heterocycles. The minimum absolute atomic E-state index is 0.157. The molecule has 0 amide bonds. The molecule has 3 nitrogen and oxygen atoms in total. The first-order valence-corrected chi connectivity index (χ1v) is 14.4. The average molecular weight is 473 g/mol. The van der Waals surface area contributed by atoms with Crippen molar-refractivity contribution in [1.82, 2.24) is 0 Å². The number of Topliss-reactive ketones (excluding diaryl/α,β-unsaturated/α-hetero) is 1. The van der Waals surface area contributed by atoms with Gasteiger partial charge in [-0.3, -0.25) is 4.79 Å². The lowest BCUT2D eigenvalue weighted by Gasteiger charge is -2.51. The van der Waals surface area contributed by atoms with E-state index in [2.05, 4.69) is 37.3 Å². The van der Waals surface area contributed by atoms with Gasteiger partial charge in [0.2, 0.25) is 0 Å². The van der Waals surface area contributed by atoms with E-state index in [-0.39, 0.29) is 5.41 Å². The number of ether oxygens (including phenoxy) is 2. The van der Waals surface area contributed by atoms with Crippen LogP contribution < -0.4 is 0 Å². The molecule has 0 bridgehead atoms. The zero-order valence-electron chi connectivity index (χ0n) is 21.3. The Hall–Kier alpha value is -1.71. The van der Waals surface area contributed by atoms with Gasteiger partial charge in [0, 0.05) is 24.2 Å². The van der Waals surface area contributed by atoms with Crippen LogP contribution in [0.15, 0.2) is 47.1 Å². The van der Waals surface area contributed by atoms with E-state index in [9.17, 15) is 4.79 Å². The van der Waals surface area contributed by atoms with Crippen LogP contribution in [0, 0.1) is 17.3 Å². The number of ketones is 1. The van der Waals surface area contributed by atoms with Crippen molar-refractivity contribution < 1.29 is 14.3 Å². The molecule has 7 rings (SSSR count). The molecule has 3 unspecified atom stereocenters. The van der Waals surface area contributed by atoms with E-state index < -0.39 is 5.79 Å². The minimum Gasteiger partial charge on any atom is -0.344 e. The van der Waals surface area contributed by atoms with Gasteiger partial charge in [-0.05, 0) is 91.0 Å². The summed E-state index contributed by atoms with van der Waals surface area (Å²) in [6.07, 6.45) is 16.3. The van der Waals surface area contributed by atoms with E-state index in [4.69, 9.17) is 9.47 Å². The lowest BCUT2D eigenvalue weighted by Crippen LogP contribution is -2.44. The molecule has 1 heterocycles. The van der Waals surface area contributed by atoms with E-state index in [1.165, 1.54) is 55.2 Å². The minimum atomic E-state index is -0.476. The number of carbonyl (C=O) groups excluding carboxylic acids is 1. The van der Waals surface area contributed by atoms with E-state index in [1.807, 2.05) is 0 Å². The second-order valence-corrected chi connectivity index (χ2v) is 12.5. The summed E-state index contributed by atoms with van der Waals surface area (Å²) >= 11 is 0. The fourth-order valence-corrected chi connectivity index (χ4v) is 8.99. The second kappa shape index (κ2) is 8.42. The summed E-state index contributed by atoms with van der Waals surface area (Å²) in [4.78, 5) is 13.2. The number of fused-ring (bicyclic) bond motifs is 4. The molecule has 0 radical (unpaired) electrons. The van der Waals surface area contributed by atoms with Crippen molar-refractivity contribution in [2.45, 2.75) is 102 Å². The van der Waals surface area contributed by atoms with Gasteiger partial charge in [-0.25, -0.2) is 0 Å². The molecule has 1 aromatic carbocycles. The third-order valence-corrected chi connectivity index (χ3v) is 10.8. The van der Waals surface area contributed by atoms with Crippen LogP contribution in [0.25, 0.3) is 0 Å². The summed E-state index contributed by atoms with van der Waals surface area (Å²) in [6, 6.07) is 9.69. The van der Waals surface area contributed by atoms with Crippen LogP contribution in [0.3, 0.4) is 0 Å². The van der Waals surface area contributed by atoms with Crippen LogP contribution in [0.5, 0.6) is 0 Å². The molecule has 3 saturated carbocycles. The van der Waals surface area contributed by atoms with Crippen LogP contribution in [-0.2, 0) is 14.3 Å². The number of rotatable bonds is 2. The Morgan fingerprint density at radius 1 is 0.857 bits per heavy atom. The predicted molar refractivity (Wildman–Crippen MR) is 137 cm³/mol. The first-order valence-electron chi connectivity index (χ1n) is 14.4. The third kappa shape index (κ3) is 3.55. The van der Waals surface area contributed by atoms with Gasteiger partial charge in [0.1, 0.15) is 5.78 Å². The van der Waals surface area contributed by atoms with Gasteiger partial charge in [0.05, 0.1) is 13.2 Å². The molecule has 1 saturated heterocycles. The highest BCUT2D eigenvalue weighted by molar-refractivity contribution is 5.87. The highest BCUT2D eigenvalue weighted by atomic mass is 16.7. The van der Waals surface area contributed by atoms with Crippen LogP contribution in [0.2, 0.25) is 0 Å². The van der Waals surface area contributed by atoms with Crippen molar-refractivity contribution in [1.29, 1.82) is 0 Å². The molecule has 4 fully saturated rings. The molecule has 6 aliphatic rings. The van der Waals surface area contributed by atoms with Gasteiger partial charge >= 0.3 is 0 Å². The lowest BCUT2D eigenvalue weighted by atomic mass is 9.53. The molecule has 3 heteroatoms. The van der Waals surface area contributed by atoms with Gasteiger partial charge in [0.25, 0.3) is 0 Å². The first-order chi connectivity index (χ1) is 17.1. The van der Waals surface area contributed by atoms with Crippen molar-refractivity contribution in [3.05, 3.63) is 58.2 Å². The Bertz CT molecular complexity index is 1070. The monoisotopic (exact) mass is 472 g/mol. The number of carbonyl (C=O) groups is 1. The molecule has 0 aromatic heterocycles. The molecule has 186 valence electrons. The average Bonchev–Trinajstić information content (AvgIpc) is 3.47. The zero-order valence-corrected chi connectivity index (χ0v) is 21.3. The van der Waals surface area contributed by atoms with Gasteiger partial charge in [-0.2, -0.15) is 0 Å². The summed E-state index contributed by atoms with van der Waals surface area (Å²) in [6.45, 7) is 3.72. The summed E-state index contributed by atoms with van der Waals surface area (Å²) < 4.78 is 12.2. The molecular formula is C32H40O3. The van der Waals surface area contributed by atoms with Crippen LogP contribution in [-0.4, -0.2) is 24.8 Å². The van der Waals surface area contributed by atoms with E-state index in [0.29, 0.717) is 36.8 Å². The number of allylic oxidation sites excluding steroid dienone is 3. The highest BCUT2D eigenvalue weighted by Crippen LogP contribution is 2.63. The molecule has 4 atom stereocenters. The molecule has 1 spiro atoms. The topological polar surface area (TPSA) is 35.5 Å². The van der Waals surface area contributed by atoms with Crippen LogP contribution >= 0.6 is 0 Å². The van der Waals surface area contributed by atoms with Crippen molar-refractivity contribution in [3.63, 3.8) is 0 Å². The molecule has 35 heavy (non-hydrogen) atoms. The highest BCUT2D eigenvalue weighted by Gasteiger charge is 2.57. The predicted octanol–water partition coefficient (Wildman–Crippen LogP) is 7.38. The maximum absolute atomic E-state index is 13.2. The van der Waals surface area contributed by atoms with Crippen LogP contribution in [0.1, 0.15) is 107 Å². The Kier molecular flexibility index (Phi) is 5.41. The molecule has 5 aliphatic carbocycles. The van der Waals surface area contributed by atoms with E-state index in [0.717, 1.165) is 44.4 Å². The fraction of sp³-hybridized carbons (Fsp3) is 0.656. The maximum Gasteiger partial charge on any atom is 0.188 e. The number of hydrogen-bond acceptors (Lipinski definition) is 3. The Morgan fingerprint density at radius 2 is 1.60 bits per heavy atom. The van der Waals surface area contributed by atoms with Crippen molar-refractivity contribution >= 4 is 5.78 Å². The van der Waals surface area contributed by atoms with E-state index >= 15 is 0 Å². The van der Waals surface area contributed by atoms with Crippen LogP contribution in [0.4, 0.5) is 0 Å². The number of hydrogen-bond donors (Lipinski definition) is 0. The summed E-state index contributed by atoms with van der Waals surface area (Å²) in [5.41, 5.74) is 7.55. The second-order valence-electron chi connectivity index (χ2n) is 12.5. The van der Waals surface area contributed by atoms with Crippen molar-refractivity contribution in [2.75, 3.05) is 13.2 Å². The summed E-state index contributed by atoms with van der Waals surface area (Å²) in [5.74, 6) is 2.22. The van der Waals surface area contributed by atoms with Crippen molar-refractivity contribution in [2.24, 2.45) is 17.3 Å². The maximum atomic E-state index is 13.2. The number of benzene rings is 1. The molecule has 1 aromatic rings. The van der Waals surface area contributed by atoms with Crippen molar-refractivity contribution in [3.8, 4) is 0 Å². The normalized spacial score (nSPS) is 36.7.